The Kier molecular flexibility index (Phi) is 4.20. The molecule has 106 valence electrons. The second kappa shape index (κ2) is 6.06. The van der Waals surface area contributed by atoms with Gasteiger partial charge in [0.15, 0.2) is 0 Å². The standard InChI is InChI=1S/C15H13FN4O/c1-9-13(15(21)20-19-9)14(10(8-18)6-7-17)11-4-2-3-5-12(11)16/h2-5,10,14H,6H2,1H3,(H2,19,20,21)/t10-,14+/m0/s1. The van der Waals surface area contributed by atoms with E-state index < -0.39 is 23.2 Å². The zero-order valence-electron chi connectivity index (χ0n) is 11.4. The van der Waals surface area contributed by atoms with E-state index in [0.29, 0.717) is 11.3 Å². The SMILES string of the molecule is Cc1[nH][nH]c(=O)c1[C@@H](c1ccccc1F)[C@H](C#N)CC#N. The van der Waals surface area contributed by atoms with E-state index in [1.807, 2.05) is 12.1 Å². The third kappa shape index (κ3) is 2.70. The van der Waals surface area contributed by atoms with Gasteiger partial charge in [0.05, 0.1) is 24.5 Å². The van der Waals surface area contributed by atoms with Gasteiger partial charge in [0, 0.05) is 17.2 Å². The van der Waals surface area contributed by atoms with E-state index in [0.717, 1.165) is 0 Å². The molecule has 2 atom stereocenters. The van der Waals surface area contributed by atoms with Crippen molar-refractivity contribution in [3.05, 3.63) is 57.3 Å². The molecule has 0 spiro atoms. The smallest absolute Gasteiger partial charge is 0.268 e. The molecular weight excluding hydrogens is 271 g/mol. The monoisotopic (exact) mass is 284 g/mol. The number of benzene rings is 1. The molecule has 0 aliphatic rings. The Morgan fingerprint density at radius 1 is 1.29 bits per heavy atom. The van der Waals surface area contributed by atoms with Crippen LogP contribution in [-0.2, 0) is 0 Å². The molecule has 5 nitrogen and oxygen atoms in total. The molecule has 6 heteroatoms. The molecule has 0 saturated heterocycles. The first kappa shape index (κ1) is 14.5. The van der Waals surface area contributed by atoms with Crippen molar-refractivity contribution < 1.29 is 4.39 Å². The first-order valence-corrected chi connectivity index (χ1v) is 6.38. The number of hydrogen-bond donors (Lipinski definition) is 2. The number of nitrogens with one attached hydrogen (secondary N) is 2. The molecule has 2 aromatic rings. The van der Waals surface area contributed by atoms with Crippen LogP contribution in [0, 0.1) is 41.3 Å². The van der Waals surface area contributed by atoms with Crippen LogP contribution in [0.5, 0.6) is 0 Å². The van der Waals surface area contributed by atoms with Crippen LogP contribution in [0.1, 0.15) is 29.2 Å². The Labute approximate surface area is 120 Å². The van der Waals surface area contributed by atoms with Gasteiger partial charge in [0.25, 0.3) is 5.56 Å². The lowest BCUT2D eigenvalue weighted by Gasteiger charge is -2.20. The van der Waals surface area contributed by atoms with Gasteiger partial charge < -0.3 is 5.10 Å². The van der Waals surface area contributed by atoms with Gasteiger partial charge in [-0.15, -0.1) is 0 Å². The molecule has 0 aliphatic carbocycles. The van der Waals surface area contributed by atoms with Gasteiger partial charge in [-0.2, -0.15) is 10.5 Å². The minimum atomic E-state index is -0.803. The first-order valence-electron chi connectivity index (χ1n) is 6.38. The van der Waals surface area contributed by atoms with Gasteiger partial charge in [-0.25, -0.2) is 4.39 Å². The summed E-state index contributed by atoms with van der Waals surface area (Å²) in [6, 6.07) is 9.93. The van der Waals surface area contributed by atoms with E-state index >= 15 is 0 Å². The summed E-state index contributed by atoms with van der Waals surface area (Å²) in [6.45, 7) is 1.67. The highest BCUT2D eigenvalue weighted by Gasteiger charge is 2.31. The van der Waals surface area contributed by atoms with Gasteiger partial charge in [-0.3, -0.25) is 9.89 Å². The lowest BCUT2D eigenvalue weighted by molar-refractivity contribution is 0.540. The van der Waals surface area contributed by atoms with E-state index in [-0.39, 0.29) is 12.0 Å². The third-order valence-electron chi connectivity index (χ3n) is 3.44. The second-order valence-corrected chi connectivity index (χ2v) is 4.71. The van der Waals surface area contributed by atoms with Crippen molar-refractivity contribution in [2.24, 2.45) is 5.92 Å². The van der Waals surface area contributed by atoms with Crippen LogP contribution < -0.4 is 5.56 Å². The highest BCUT2D eigenvalue weighted by atomic mass is 19.1. The number of nitrogens with zero attached hydrogens (tertiary/aromatic N) is 2. The summed E-state index contributed by atoms with van der Waals surface area (Å²) in [5, 5.41) is 23.3. The normalized spacial score (nSPS) is 13.1. The van der Waals surface area contributed by atoms with Crippen LogP contribution in [0.15, 0.2) is 29.1 Å². The highest BCUT2D eigenvalue weighted by molar-refractivity contribution is 5.37. The van der Waals surface area contributed by atoms with E-state index in [4.69, 9.17) is 5.26 Å². The molecule has 0 fully saturated rings. The molecule has 0 aliphatic heterocycles. The summed E-state index contributed by atoms with van der Waals surface area (Å²) < 4.78 is 14.1. The largest absolute Gasteiger partial charge is 0.302 e. The fourth-order valence-electron chi connectivity index (χ4n) is 2.47. The first-order chi connectivity index (χ1) is 10.1. The number of nitriles is 2. The number of aryl methyl sites for hydroxylation is 1. The quantitative estimate of drug-likeness (QED) is 0.901. The lowest BCUT2D eigenvalue weighted by Crippen LogP contribution is -2.21. The number of H-pyrrole nitrogens is 2. The van der Waals surface area contributed by atoms with Crippen molar-refractivity contribution in [2.75, 3.05) is 0 Å². The fourth-order valence-corrected chi connectivity index (χ4v) is 2.47. The maximum Gasteiger partial charge on any atom is 0.268 e. The third-order valence-corrected chi connectivity index (χ3v) is 3.44. The molecule has 0 bridgehead atoms. The van der Waals surface area contributed by atoms with Gasteiger partial charge in [-0.1, -0.05) is 18.2 Å². The van der Waals surface area contributed by atoms with Crippen LogP contribution >= 0.6 is 0 Å². The number of halogens is 1. The average Bonchev–Trinajstić information content (AvgIpc) is 2.80. The molecular formula is C15H13FN4O. The molecule has 0 radical (unpaired) electrons. The van der Waals surface area contributed by atoms with Gasteiger partial charge in [0.1, 0.15) is 5.82 Å². The number of aromatic amines is 2. The molecule has 1 aromatic carbocycles. The molecule has 2 rings (SSSR count). The summed E-state index contributed by atoms with van der Waals surface area (Å²) in [4.78, 5) is 12.0. The minimum absolute atomic E-state index is 0.0838. The van der Waals surface area contributed by atoms with Crippen LogP contribution in [0.25, 0.3) is 0 Å². The van der Waals surface area contributed by atoms with Gasteiger partial charge >= 0.3 is 0 Å². The molecule has 1 heterocycles. The van der Waals surface area contributed by atoms with Crippen LogP contribution in [0.4, 0.5) is 4.39 Å². The zero-order chi connectivity index (χ0) is 15.4. The summed E-state index contributed by atoms with van der Waals surface area (Å²) >= 11 is 0. The van der Waals surface area contributed by atoms with Crippen molar-refractivity contribution in [1.29, 1.82) is 10.5 Å². The van der Waals surface area contributed by atoms with Crippen molar-refractivity contribution in [3.8, 4) is 12.1 Å². The summed E-state index contributed by atoms with van der Waals surface area (Å²) in [5.74, 6) is -2.09. The van der Waals surface area contributed by atoms with Crippen molar-refractivity contribution in [2.45, 2.75) is 19.3 Å². The molecule has 0 saturated carbocycles. The van der Waals surface area contributed by atoms with Crippen LogP contribution in [0.2, 0.25) is 0 Å². The Bertz CT molecular complexity index is 778. The van der Waals surface area contributed by atoms with Crippen LogP contribution in [0.3, 0.4) is 0 Å². The Morgan fingerprint density at radius 3 is 2.52 bits per heavy atom. The Hall–Kier alpha value is -2.86. The molecule has 1 aromatic heterocycles. The van der Waals surface area contributed by atoms with Crippen LogP contribution in [-0.4, -0.2) is 10.2 Å². The topological polar surface area (TPSA) is 96.2 Å². The van der Waals surface area contributed by atoms with E-state index in [1.54, 1.807) is 13.0 Å². The van der Waals surface area contributed by atoms with E-state index in [9.17, 15) is 14.4 Å². The minimum Gasteiger partial charge on any atom is -0.302 e. The molecule has 21 heavy (non-hydrogen) atoms. The Morgan fingerprint density at radius 2 is 2.00 bits per heavy atom. The summed E-state index contributed by atoms with van der Waals surface area (Å²) in [5.41, 5.74) is 0.666. The maximum atomic E-state index is 14.1. The number of hydrogen-bond acceptors (Lipinski definition) is 3. The van der Waals surface area contributed by atoms with E-state index in [1.165, 1.54) is 18.2 Å². The predicted molar refractivity (Wildman–Crippen MR) is 73.7 cm³/mol. The average molecular weight is 284 g/mol. The zero-order valence-corrected chi connectivity index (χ0v) is 11.4. The summed E-state index contributed by atoms with van der Waals surface area (Å²) in [7, 11) is 0. The molecule has 2 N–H and O–H groups in total. The molecule has 0 amide bonds. The summed E-state index contributed by atoms with van der Waals surface area (Å²) in [6.07, 6.45) is -0.0838. The van der Waals surface area contributed by atoms with Gasteiger partial charge in [0.2, 0.25) is 0 Å². The fraction of sp³-hybridized carbons (Fsp3) is 0.267. The van der Waals surface area contributed by atoms with Gasteiger partial charge in [-0.05, 0) is 18.6 Å². The lowest BCUT2D eigenvalue weighted by atomic mass is 9.80. The maximum absolute atomic E-state index is 14.1. The van der Waals surface area contributed by atoms with Crippen molar-refractivity contribution in [3.63, 3.8) is 0 Å². The number of aromatic nitrogens is 2. The Balaban J connectivity index is 2.67. The molecule has 0 unspecified atom stereocenters. The highest BCUT2D eigenvalue weighted by Crippen LogP contribution is 2.34. The second-order valence-electron chi connectivity index (χ2n) is 4.71. The van der Waals surface area contributed by atoms with Crippen molar-refractivity contribution in [1.82, 2.24) is 10.2 Å². The van der Waals surface area contributed by atoms with Crippen molar-refractivity contribution >= 4 is 0 Å². The van der Waals surface area contributed by atoms with E-state index in [2.05, 4.69) is 10.2 Å². The number of rotatable bonds is 4. The predicted octanol–water partition coefficient (Wildman–Crippen LogP) is 2.34.